The quantitative estimate of drug-likeness (QED) is 0.439. The molecule has 14 heteroatoms. The Kier molecular flexibility index (Phi) is 6.82. The number of nitrogens with zero attached hydrogens (tertiary/aromatic N) is 7. The van der Waals surface area contributed by atoms with Crippen LogP contribution in [0.1, 0.15) is 22.7 Å². The number of hydrogen-bond acceptors (Lipinski definition) is 9. The number of nitrogens with one attached hydrogen (secondary N) is 1. The number of aliphatic carboxylic acids is 1. The predicted molar refractivity (Wildman–Crippen MR) is 114 cm³/mol. The van der Waals surface area contributed by atoms with Gasteiger partial charge in [0.05, 0.1) is 0 Å². The van der Waals surface area contributed by atoms with Crippen LogP contribution < -0.4 is 5.32 Å². The molecule has 0 spiro atoms. The summed E-state index contributed by atoms with van der Waals surface area (Å²) in [5.41, 5.74) is 5.20. The largest absolute Gasteiger partial charge is 0.490 e. The topological polar surface area (TPSA) is 145 Å². The number of fused-ring (bicyclic) bond motifs is 1. The van der Waals surface area contributed by atoms with Crippen molar-refractivity contribution in [3.8, 4) is 22.8 Å². The van der Waals surface area contributed by atoms with Gasteiger partial charge in [0.15, 0.2) is 0 Å². The van der Waals surface area contributed by atoms with E-state index in [1.165, 1.54) is 15.9 Å². The van der Waals surface area contributed by atoms with Gasteiger partial charge in [-0.15, -0.1) is 10.2 Å². The summed E-state index contributed by atoms with van der Waals surface area (Å²) in [4.78, 5) is 19.4. The van der Waals surface area contributed by atoms with Gasteiger partial charge in [-0.05, 0) is 36.2 Å². The lowest BCUT2D eigenvalue weighted by atomic mass is 9.95. The highest BCUT2D eigenvalue weighted by Crippen LogP contribution is 2.28. The molecule has 0 saturated heterocycles. The van der Waals surface area contributed by atoms with Gasteiger partial charge in [0.25, 0.3) is 5.89 Å². The van der Waals surface area contributed by atoms with Crippen molar-refractivity contribution in [2.45, 2.75) is 32.6 Å². The van der Waals surface area contributed by atoms with Crippen LogP contribution in [0.4, 0.5) is 13.2 Å². The minimum absolute atomic E-state index is 0.260. The third kappa shape index (κ3) is 5.66. The molecule has 0 bridgehead atoms. The minimum atomic E-state index is -5.08. The molecule has 5 rings (SSSR count). The van der Waals surface area contributed by atoms with E-state index in [0.29, 0.717) is 17.5 Å². The second kappa shape index (κ2) is 9.97. The number of aryl methyl sites for hydroxylation is 1. The molecule has 0 fully saturated rings. The number of rotatable bonds is 4. The van der Waals surface area contributed by atoms with E-state index in [9.17, 15) is 13.2 Å². The SMILES string of the molecule is Cc1ncc2c(c1-c1noc(Cn3nnc(-c4ccccc4)n3)n1)CCNC2.O=C(O)C(F)(F)F. The summed E-state index contributed by atoms with van der Waals surface area (Å²) < 4.78 is 37.2. The smallest absolute Gasteiger partial charge is 0.475 e. The molecule has 4 heterocycles. The van der Waals surface area contributed by atoms with Crippen LogP contribution in [-0.2, 0) is 24.3 Å². The first-order valence-electron chi connectivity index (χ1n) is 10.4. The number of carboxylic acids is 1. The average Bonchev–Trinajstić information content (AvgIpc) is 3.49. The van der Waals surface area contributed by atoms with Crippen LogP contribution >= 0.6 is 0 Å². The van der Waals surface area contributed by atoms with Crippen molar-refractivity contribution >= 4 is 5.97 Å². The molecule has 4 aromatic rings. The Hall–Kier alpha value is -4.20. The maximum atomic E-state index is 10.6. The van der Waals surface area contributed by atoms with Crippen molar-refractivity contribution in [3.63, 3.8) is 0 Å². The minimum Gasteiger partial charge on any atom is -0.475 e. The van der Waals surface area contributed by atoms with E-state index < -0.39 is 12.1 Å². The molecule has 3 aromatic heterocycles. The fourth-order valence-electron chi connectivity index (χ4n) is 3.42. The predicted octanol–water partition coefficient (Wildman–Crippen LogP) is 2.42. The standard InChI is InChI=1S/C19H18N8O.C2HF3O2/c1-12-17(15-7-8-20-9-14(15)10-21-12)19-22-16(28-25-19)11-27-24-18(23-26-27)13-5-3-2-4-6-13;3-2(4,5)1(6)7/h2-6,10,20H,7-9,11H2,1H3;(H,6,7). The second-order valence-corrected chi connectivity index (χ2v) is 7.47. The highest BCUT2D eigenvalue weighted by atomic mass is 19.4. The van der Waals surface area contributed by atoms with Crippen LogP contribution in [0, 0.1) is 6.92 Å². The Labute approximate surface area is 196 Å². The molecule has 0 radical (unpaired) electrons. The Morgan fingerprint density at radius 1 is 1.23 bits per heavy atom. The lowest BCUT2D eigenvalue weighted by Gasteiger charge is -2.19. The Balaban J connectivity index is 0.000000364. The first-order chi connectivity index (χ1) is 16.7. The number of hydrogen-bond donors (Lipinski definition) is 2. The molecule has 0 atom stereocenters. The lowest BCUT2D eigenvalue weighted by Crippen LogP contribution is -2.24. The summed E-state index contributed by atoms with van der Waals surface area (Å²) in [5.74, 6) is -1.21. The van der Waals surface area contributed by atoms with Gasteiger partial charge in [-0.2, -0.15) is 23.0 Å². The van der Waals surface area contributed by atoms with Gasteiger partial charge < -0.3 is 14.9 Å². The second-order valence-electron chi connectivity index (χ2n) is 7.47. The van der Waals surface area contributed by atoms with E-state index in [-0.39, 0.29) is 6.54 Å². The van der Waals surface area contributed by atoms with Crippen molar-refractivity contribution in [1.82, 2.24) is 40.6 Å². The summed E-state index contributed by atoms with van der Waals surface area (Å²) in [6.07, 6.45) is -2.24. The number of carboxylic acid groups (broad SMARTS) is 1. The molecule has 35 heavy (non-hydrogen) atoms. The van der Waals surface area contributed by atoms with Crippen LogP contribution in [0.3, 0.4) is 0 Å². The first kappa shape index (κ1) is 23.9. The Bertz CT molecular complexity index is 1320. The maximum absolute atomic E-state index is 10.6. The van der Waals surface area contributed by atoms with Crippen molar-refractivity contribution in [1.29, 1.82) is 0 Å². The van der Waals surface area contributed by atoms with Gasteiger partial charge in [0.1, 0.15) is 6.54 Å². The highest BCUT2D eigenvalue weighted by molar-refractivity contribution is 5.73. The molecule has 1 aromatic carbocycles. The maximum Gasteiger partial charge on any atom is 0.490 e. The monoisotopic (exact) mass is 488 g/mol. The first-order valence-corrected chi connectivity index (χ1v) is 10.4. The zero-order valence-corrected chi connectivity index (χ0v) is 18.3. The van der Waals surface area contributed by atoms with Crippen molar-refractivity contribution in [2.75, 3.05) is 6.54 Å². The Morgan fingerprint density at radius 2 is 1.97 bits per heavy atom. The molecule has 1 aliphatic heterocycles. The number of benzene rings is 1. The highest BCUT2D eigenvalue weighted by Gasteiger charge is 2.38. The molecule has 0 unspecified atom stereocenters. The zero-order valence-electron chi connectivity index (χ0n) is 18.3. The Morgan fingerprint density at radius 3 is 2.69 bits per heavy atom. The van der Waals surface area contributed by atoms with Crippen molar-refractivity contribution < 1.29 is 27.6 Å². The molecule has 2 N–H and O–H groups in total. The molecular weight excluding hydrogens is 469 g/mol. The number of pyridine rings is 1. The molecule has 182 valence electrons. The zero-order chi connectivity index (χ0) is 25.0. The van der Waals surface area contributed by atoms with Crippen LogP contribution in [0.2, 0.25) is 0 Å². The van der Waals surface area contributed by atoms with Gasteiger partial charge in [0, 0.05) is 29.6 Å². The fourth-order valence-corrected chi connectivity index (χ4v) is 3.42. The van der Waals surface area contributed by atoms with Gasteiger partial charge in [-0.1, -0.05) is 35.5 Å². The fraction of sp³-hybridized carbons (Fsp3) is 0.286. The molecule has 0 aliphatic carbocycles. The van der Waals surface area contributed by atoms with E-state index in [2.05, 4.69) is 35.9 Å². The van der Waals surface area contributed by atoms with Gasteiger partial charge in [0.2, 0.25) is 11.6 Å². The summed E-state index contributed by atoms with van der Waals surface area (Å²) in [7, 11) is 0. The van der Waals surface area contributed by atoms with E-state index in [4.69, 9.17) is 14.4 Å². The molecule has 11 nitrogen and oxygen atoms in total. The van der Waals surface area contributed by atoms with Crippen molar-refractivity contribution in [2.24, 2.45) is 0 Å². The number of carbonyl (C=O) groups is 1. The van der Waals surface area contributed by atoms with Gasteiger partial charge in [-0.25, -0.2) is 4.79 Å². The lowest BCUT2D eigenvalue weighted by molar-refractivity contribution is -0.192. The number of alkyl halides is 3. The number of aromatic nitrogens is 7. The van der Waals surface area contributed by atoms with Crippen molar-refractivity contribution in [3.05, 3.63) is 59.2 Å². The molecule has 0 amide bonds. The summed E-state index contributed by atoms with van der Waals surface area (Å²) in [6.45, 7) is 3.97. The van der Waals surface area contributed by atoms with Crippen LogP contribution in [0.25, 0.3) is 22.8 Å². The normalized spacial score (nSPS) is 13.0. The van der Waals surface area contributed by atoms with E-state index in [1.54, 1.807) is 0 Å². The summed E-state index contributed by atoms with van der Waals surface area (Å²) in [5, 5.41) is 27.2. The number of tetrazole rings is 1. The van der Waals surface area contributed by atoms with Crippen LogP contribution in [0.5, 0.6) is 0 Å². The van der Waals surface area contributed by atoms with Gasteiger partial charge >= 0.3 is 12.1 Å². The van der Waals surface area contributed by atoms with Gasteiger partial charge in [-0.3, -0.25) is 4.98 Å². The summed E-state index contributed by atoms with van der Waals surface area (Å²) in [6, 6.07) is 9.70. The van der Waals surface area contributed by atoms with Crippen LogP contribution in [0.15, 0.2) is 41.1 Å². The van der Waals surface area contributed by atoms with Crippen LogP contribution in [-0.4, -0.2) is 59.1 Å². The van der Waals surface area contributed by atoms with E-state index >= 15 is 0 Å². The average molecular weight is 488 g/mol. The van der Waals surface area contributed by atoms with E-state index in [0.717, 1.165) is 36.3 Å². The molecular formula is C21H19F3N8O3. The third-order valence-electron chi connectivity index (χ3n) is 5.03. The molecule has 1 aliphatic rings. The summed E-state index contributed by atoms with van der Waals surface area (Å²) >= 11 is 0. The molecule has 0 saturated carbocycles. The number of halogens is 3. The third-order valence-corrected chi connectivity index (χ3v) is 5.03. The van der Waals surface area contributed by atoms with E-state index in [1.807, 2.05) is 43.5 Å².